The summed E-state index contributed by atoms with van der Waals surface area (Å²) >= 11 is 0. The van der Waals surface area contributed by atoms with Gasteiger partial charge in [0, 0.05) is 17.8 Å². The first-order valence-corrected chi connectivity index (χ1v) is 4.70. The Labute approximate surface area is 87.3 Å². The van der Waals surface area contributed by atoms with Crippen molar-refractivity contribution >= 4 is 5.97 Å². The van der Waals surface area contributed by atoms with Crippen LogP contribution in [0.5, 0.6) is 0 Å². The Kier molecular flexibility index (Phi) is 3.62. The van der Waals surface area contributed by atoms with Crippen LogP contribution in [0.4, 0.5) is 0 Å². The molecule has 0 unspecified atom stereocenters. The predicted octanol–water partition coefficient (Wildman–Crippen LogP) is 0.319. The van der Waals surface area contributed by atoms with Crippen molar-refractivity contribution in [3.05, 3.63) is 33.2 Å². The van der Waals surface area contributed by atoms with Crippen molar-refractivity contribution in [2.75, 3.05) is 6.61 Å². The van der Waals surface area contributed by atoms with Gasteiger partial charge in [0.25, 0.3) is 5.56 Å². The zero-order valence-corrected chi connectivity index (χ0v) is 8.79. The second kappa shape index (κ2) is 4.75. The lowest BCUT2D eigenvalue weighted by molar-refractivity contribution is 0.0525. The second-order valence-corrected chi connectivity index (χ2v) is 3.09. The third-order valence-corrected chi connectivity index (χ3v) is 2.03. The highest BCUT2D eigenvalue weighted by molar-refractivity contribution is 5.90. The number of pyridine rings is 1. The lowest BCUT2D eigenvalue weighted by Gasteiger charge is -2.06. The SMILES string of the molecule is CCOC(=O)c1cc(CN)c(=O)[nH]c1C. The van der Waals surface area contributed by atoms with Crippen LogP contribution >= 0.6 is 0 Å². The van der Waals surface area contributed by atoms with E-state index in [2.05, 4.69) is 4.98 Å². The van der Waals surface area contributed by atoms with Gasteiger partial charge in [-0.2, -0.15) is 0 Å². The van der Waals surface area contributed by atoms with E-state index in [0.717, 1.165) is 0 Å². The summed E-state index contributed by atoms with van der Waals surface area (Å²) in [6, 6.07) is 1.48. The van der Waals surface area contributed by atoms with Gasteiger partial charge in [-0.05, 0) is 19.9 Å². The lowest BCUT2D eigenvalue weighted by atomic mass is 10.1. The number of nitrogens with two attached hydrogens (primary N) is 1. The van der Waals surface area contributed by atoms with Crippen LogP contribution in [-0.4, -0.2) is 17.6 Å². The molecule has 3 N–H and O–H groups in total. The molecular formula is C10H14N2O3. The van der Waals surface area contributed by atoms with Crippen LogP contribution in [0.3, 0.4) is 0 Å². The standard InChI is InChI=1S/C10H14N2O3/c1-3-15-10(14)8-4-7(5-11)9(13)12-6(8)2/h4H,3,5,11H2,1-2H3,(H,12,13). The van der Waals surface area contributed by atoms with E-state index in [9.17, 15) is 9.59 Å². The molecule has 5 nitrogen and oxygen atoms in total. The van der Waals surface area contributed by atoms with E-state index < -0.39 is 5.97 Å². The van der Waals surface area contributed by atoms with Crippen molar-refractivity contribution in [3.63, 3.8) is 0 Å². The first kappa shape index (κ1) is 11.5. The van der Waals surface area contributed by atoms with Gasteiger partial charge in [-0.25, -0.2) is 4.79 Å². The molecule has 0 aliphatic heterocycles. The minimum absolute atomic E-state index is 0.0992. The Bertz CT molecular complexity index is 423. The van der Waals surface area contributed by atoms with E-state index in [1.807, 2.05) is 0 Å². The van der Waals surface area contributed by atoms with Crippen molar-refractivity contribution in [2.45, 2.75) is 20.4 Å². The Morgan fingerprint density at radius 2 is 2.27 bits per heavy atom. The van der Waals surface area contributed by atoms with E-state index in [1.165, 1.54) is 6.07 Å². The smallest absolute Gasteiger partial charge is 0.339 e. The van der Waals surface area contributed by atoms with E-state index in [-0.39, 0.29) is 12.1 Å². The Morgan fingerprint density at radius 1 is 1.60 bits per heavy atom. The third-order valence-electron chi connectivity index (χ3n) is 2.03. The highest BCUT2D eigenvalue weighted by atomic mass is 16.5. The molecule has 0 bridgehead atoms. The fourth-order valence-electron chi connectivity index (χ4n) is 1.24. The van der Waals surface area contributed by atoms with Crippen LogP contribution < -0.4 is 11.3 Å². The van der Waals surface area contributed by atoms with Gasteiger partial charge in [-0.1, -0.05) is 0 Å². The van der Waals surface area contributed by atoms with Crippen LogP contribution in [0.1, 0.15) is 28.5 Å². The molecule has 1 aromatic rings. The Balaban J connectivity index is 3.18. The van der Waals surface area contributed by atoms with Gasteiger partial charge in [0.2, 0.25) is 0 Å². The van der Waals surface area contributed by atoms with Crippen molar-refractivity contribution in [2.24, 2.45) is 5.73 Å². The fourth-order valence-corrected chi connectivity index (χ4v) is 1.24. The molecule has 82 valence electrons. The molecule has 1 rings (SSSR count). The number of hydrogen-bond donors (Lipinski definition) is 2. The number of rotatable bonds is 3. The normalized spacial score (nSPS) is 10.1. The van der Waals surface area contributed by atoms with Crippen LogP contribution in [0.25, 0.3) is 0 Å². The van der Waals surface area contributed by atoms with Crippen molar-refractivity contribution in [1.82, 2.24) is 4.98 Å². The molecule has 5 heteroatoms. The molecule has 0 fully saturated rings. The summed E-state index contributed by atoms with van der Waals surface area (Å²) in [5.74, 6) is -0.444. The number of H-pyrrole nitrogens is 1. The number of ether oxygens (including phenoxy) is 1. The monoisotopic (exact) mass is 210 g/mol. The number of aromatic nitrogens is 1. The number of esters is 1. The number of carbonyl (C=O) groups is 1. The molecule has 15 heavy (non-hydrogen) atoms. The van der Waals surface area contributed by atoms with Gasteiger partial charge in [0.1, 0.15) is 0 Å². The summed E-state index contributed by atoms with van der Waals surface area (Å²) in [5, 5.41) is 0. The molecule has 0 aromatic carbocycles. The van der Waals surface area contributed by atoms with Gasteiger partial charge in [0.15, 0.2) is 0 Å². The molecule has 1 heterocycles. The number of carbonyl (C=O) groups excluding carboxylic acids is 1. The molecule has 0 aliphatic carbocycles. The summed E-state index contributed by atoms with van der Waals surface area (Å²) in [7, 11) is 0. The van der Waals surface area contributed by atoms with E-state index >= 15 is 0 Å². The zero-order chi connectivity index (χ0) is 11.4. The molecule has 0 amide bonds. The second-order valence-electron chi connectivity index (χ2n) is 3.09. The minimum Gasteiger partial charge on any atom is -0.462 e. The van der Waals surface area contributed by atoms with Crippen LogP contribution in [0.2, 0.25) is 0 Å². The number of aryl methyl sites for hydroxylation is 1. The van der Waals surface area contributed by atoms with Gasteiger partial charge >= 0.3 is 5.97 Å². The maximum Gasteiger partial charge on any atom is 0.339 e. The lowest BCUT2D eigenvalue weighted by Crippen LogP contribution is -2.20. The highest BCUT2D eigenvalue weighted by Crippen LogP contribution is 2.06. The predicted molar refractivity (Wildman–Crippen MR) is 55.6 cm³/mol. The Hall–Kier alpha value is -1.62. The maximum absolute atomic E-state index is 11.5. The molecule has 0 radical (unpaired) electrons. The number of aromatic amines is 1. The molecule has 0 saturated carbocycles. The molecule has 0 aliphatic rings. The fraction of sp³-hybridized carbons (Fsp3) is 0.400. The average molecular weight is 210 g/mol. The van der Waals surface area contributed by atoms with E-state index in [1.54, 1.807) is 13.8 Å². The van der Waals surface area contributed by atoms with Crippen molar-refractivity contribution in [3.8, 4) is 0 Å². The molecule has 0 atom stereocenters. The topological polar surface area (TPSA) is 85.2 Å². The molecular weight excluding hydrogens is 196 g/mol. The summed E-state index contributed by atoms with van der Waals surface area (Å²) < 4.78 is 4.85. The Morgan fingerprint density at radius 3 is 2.80 bits per heavy atom. The van der Waals surface area contributed by atoms with Crippen LogP contribution in [0.15, 0.2) is 10.9 Å². The number of nitrogens with one attached hydrogen (secondary N) is 1. The summed E-state index contributed by atoms with van der Waals surface area (Å²) in [4.78, 5) is 25.3. The van der Waals surface area contributed by atoms with Gasteiger partial charge < -0.3 is 15.5 Å². The minimum atomic E-state index is -0.444. The maximum atomic E-state index is 11.5. The van der Waals surface area contributed by atoms with Crippen LogP contribution in [-0.2, 0) is 11.3 Å². The van der Waals surface area contributed by atoms with Gasteiger partial charge in [-0.15, -0.1) is 0 Å². The van der Waals surface area contributed by atoms with Crippen molar-refractivity contribution in [1.29, 1.82) is 0 Å². The van der Waals surface area contributed by atoms with Gasteiger partial charge in [0.05, 0.1) is 12.2 Å². The molecule has 0 saturated heterocycles. The summed E-state index contributed by atoms with van der Waals surface area (Å²) in [6.45, 7) is 3.77. The number of hydrogen-bond acceptors (Lipinski definition) is 4. The zero-order valence-electron chi connectivity index (χ0n) is 8.79. The van der Waals surface area contributed by atoms with Gasteiger partial charge in [-0.3, -0.25) is 4.79 Å². The van der Waals surface area contributed by atoms with Crippen molar-refractivity contribution < 1.29 is 9.53 Å². The highest BCUT2D eigenvalue weighted by Gasteiger charge is 2.12. The van der Waals surface area contributed by atoms with Crippen LogP contribution in [0, 0.1) is 6.92 Å². The molecule has 1 aromatic heterocycles. The van der Waals surface area contributed by atoms with E-state index in [0.29, 0.717) is 23.4 Å². The summed E-state index contributed by atoms with van der Waals surface area (Å²) in [5.41, 5.74) is 6.34. The first-order chi connectivity index (χ1) is 7.10. The quantitative estimate of drug-likeness (QED) is 0.703. The van der Waals surface area contributed by atoms with E-state index in [4.69, 9.17) is 10.5 Å². The summed E-state index contributed by atoms with van der Waals surface area (Å²) in [6.07, 6.45) is 0. The molecule has 0 spiro atoms. The third kappa shape index (κ3) is 2.44. The largest absolute Gasteiger partial charge is 0.462 e. The average Bonchev–Trinajstić information content (AvgIpc) is 2.18. The first-order valence-electron chi connectivity index (χ1n) is 4.70.